The number of hydrogen-bond donors (Lipinski definition) is 3. The zero-order valence-electron chi connectivity index (χ0n) is 14.8. The third-order valence-electron chi connectivity index (χ3n) is 4.58. The van der Waals surface area contributed by atoms with Crippen molar-refractivity contribution in [2.24, 2.45) is 0 Å². The van der Waals surface area contributed by atoms with Gasteiger partial charge >= 0.3 is 0 Å². The monoisotopic (exact) mass is 394 g/mol. The van der Waals surface area contributed by atoms with E-state index in [4.69, 9.17) is 0 Å². The predicted molar refractivity (Wildman–Crippen MR) is 108 cm³/mol. The van der Waals surface area contributed by atoms with Crippen LogP contribution in [0.3, 0.4) is 0 Å². The van der Waals surface area contributed by atoms with Gasteiger partial charge in [0.25, 0.3) is 5.91 Å². The van der Waals surface area contributed by atoms with Crippen molar-refractivity contribution in [3.63, 3.8) is 0 Å². The number of fused-ring (bicyclic) bond motifs is 5. The molecule has 4 heterocycles. The van der Waals surface area contributed by atoms with E-state index >= 15 is 0 Å². The maximum absolute atomic E-state index is 13.3. The lowest BCUT2D eigenvalue weighted by Gasteiger charge is -2.10. The fourth-order valence-electron chi connectivity index (χ4n) is 3.33. The number of nitrogens with one attached hydrogen (secondary N) is 3. The van der Waals surface area contributed by atoms with Crippen LogP contribution < -0.4 is 16.0 Å². The quantitative estimate of drug-likeness (QED) is 0.450. The molecule has 0 aliphatic carbocycles. The zero-order valence-corrected chi connectivity index (χ0v) is 15.6. The number of benzene rings is 1. The number of nitrogens with zero attached hydrogens (tertiary/aromatic N) is 3. The molecule has 0 saturated carbocycles. The molecule has 1 aromatic carbocycles. The summed E-state index contributed by atoms with van der Waals surface area (Å²) in [6, 6.07) is 8.91. The van der Waals surface area contributed by atoms with E-state index in [1.165, 1.54) is 17.4 Å². The van der Waals surface area contributed by atoms with Crippen LogP contribution in [0, 0.1) is 5.95 Å². The maximum atomic E-state index is 13.3. The molecule has 0 bridgehead atoms. The zero-order chi connectivity index (χ0) is 19.3. The van der Waals surface area contributed by atoms with Gasteiger partial charge < -0.3 is 16.0 Å². The van der Waals surface area contributed by atoms with Gasteiger partial charge in [-0.05, 0) is 31.2 Å². The third kappa shape index (κ3) is 2.80. The normalized spacial score (nSPS) is 16.4. The van der Waals surface area contributed by atoms with E-state index in [0.717, 1.165) is 33.0 Å². The van der Waals surface area contributed by atoms with Gasteiger partial charge in [0.1, 0.15) is 22.8 Å². The molecule has 9 heteroatoms. The van der Waals surface area contributed by atoms with Gasteiger partial charge in [-0.15, -0.1) is 11.3 Å². The summed E-state index contributed by atoms with van der Waals surface area (Å²) < 4.78 is 14.3. The van der Waals surface area contributed by atoms with Crippen molar-refractivity contribution < 1.29 is 9.18 Å². The average Bonchev–Trinajstić information content (AvgIpc) is 2.99. The van der Waals surface area contributed by atoms with Crippen LogP contribution in [0.1, 0.15) is 16.6 Å². The Kier molecular flexibility index (Phi) is 3.83. The Morgan fingerprint density at radius 1 is 1.21 bits per heavy atom. The molecule has 1 atom stereocenters. The molecule has 0 fully saturated rings. The second-order valence-corrected chi connectivity index (χ2v) is 7.67. The highest BCUT2D eigenvalue weighted by atomic mass is 32.1. The Morgan fingerprint density at radius 3 is 2.96 bits per heavy atom. The third-order valence-corrected chi connectivity index (χ3v) is 5.73. The van der Waals surface area contributed by atoms with E-state index in [1.54, 1.807) is 0 Å². The van der Waals surface area contributed by atoms with Crippen molar-refractivity contribution in [1.29, 1.82) is 0 Å². The van der Waals surface area contributed by atoms with E-state index in [2.05, 4.69) is 30.9 Å². The van der Waals surface area contributed by atoms with Crippen LogP contribution in [0.4, 0.5) is 21.7 Å². The first-order chi connectivity index (χ1) is 13.6. The fourth-order valence-corrected chi connectivity index (χ4v) is 4.43. The Bertz CT molecular complexity index is 1240. The lowest BCUT2D eigenvalue weighted by atomic mass is 10.1. The molecule has 0 unspecified atom stereocenters. The molecule has 28 heavy (non-hydrogen) atoms. The van der Waals surface area contributed by atoms with Gasteiger partial charge in [-0.3, -0.25) is 4.79 Å². The minimum Gasteiger partial charge on any atom is -0.381 e. The van der Waals surface area contributed by atoms with E-state index < -0.39 is 5.95 Å². The molecule has 0 radical (unpaired) electrons. The Balaban J connectivity index is 1.62. The molecular weight excluding hydrogens is 379 g/mol. The fraction of sp³-hybridized carbons (Fsp3) is 0.158. The van der Waals surface area contributed by atoms with Crippen LogP contribution >= 0.6 is 11.3 Å². The lowest BCUT2D eigenvalue weighted by Crippen LogP contribution is -2.34. The van der Waals surface area contributed by atoms with Crippen molar-refractivity contribution >= 4 is 55.6 Å². The largest absolute Gasteiger partial charge is 0.381 e. The van der Waals surface area contributed by atoms with E-state index in [9.17, 15) is 9.18 Å². The van der Waals surface area contributed by atoms with Gasteiger partial charge in [-0.25, -0.2) is 15.0 Å². The van der Waals surface area contributed by atoms with Gasteiger partial charge in [0.15, 0.2) is 0 Å². The van der Waals surface area contributed by atoms with Crippen molar-refractivity contribution in [1.82, 2.24) is 20.3 Å². The Morgan fingerprint density at radius 2 is 2.11 bits per heavy atom. The van der Waals surface area contributed by atoms with Crippen molar-refractivity contribution in [2.45, 2.75) is 13.0 Å². The summed E-state index contributed by atoms with van der Waals surface area (Å²) in [7, 11) is 0. The van der Waals surface area contributed by atoms with Crippen LogP contribution in [0.2, 0.25) is 0 Å². The molecule has 3 aromatic heterocycles. The van der Waals surface area contributed by atoms with Gasteiger partial charge in [0, 0.05) is 34.1 Å². The molecule has 4 aromatic rings. The molecular formula is C19H15FN6OS. The SMILES string of the molecule is C[C@@H]1CNc2c(sc3ccc4nc(Nc5cc(F)ncn5)ccc4c23)C(=O)N1. The van der Waals surface area contributed by atoms with Crippen LogP contribution in [0.15, 0.2) is 36.7 Å². The number of pyridine rings is 1. The van der Waals surface area contributed by atoms with E-state index in [-0.39, 0.29) is 11.9 Å². The summed E-state index contributed by atoms with van der Waals surface area (Å²) in [5.74, 6) is 0.209. The molecule has 5 rings (SSSR count). The molecule has 7 nitrogen and oxygen atoms in total. The number of amides is 1. The topological polar surface area (TPSA) is 91.8 Å². The lowest BCUT2D eigenvalue weighted by molar-refractivity contribution is 0.0949. The Labute approximate surface area is 163 Å². The molecule has 1 aliphatic heterocycles. The average molecular weight is 394 g/mol. The van der Waals surface area contributed by atoms with Crippen molar-refractivity contribution in [3.8, 4) is 0 Å². The summed E-state index contributed by atoms with van der Waals surface area (Å²) in [5.41, 5.74) is 1.62. The number of halogens is 1. The summed E-state index contributed by atoms with van der Waals surface area (Å²) in [5, 5.41) is 11.3. The molecule has 3 N–H and O–H groups in total. The van der Waals surface area contributed by atoms with Gasteiger partial charge in [-0.2, -0.15) is 4.39 Å². The van der Waals surface area contributed by atoms with Crippen LogP contribution in [0.25, 0.3) is 21.0 Å². The first-order valence-corrected chi connectivity index (χ1v) is 9.56. The minimum absolute atomic E-state index is 0.0549. The second-order valence-electron chi connectivity index (χ2n) is 6.61. The minimum atomic E-state index is -0.612. The van der Waals surface area contributed by atoms with Crippen LogP contribution in [0.5, 0.6) is 0 Å². The van der Waals surface area contributed by atoms with Gasteiger partial charge in [-0.1, -0.05) is 0 Å². The maximum Gasteiger partial charge on any atom is 0.263 e. The predicted octanol–water partition coefficient (Wildman–Crippen LogP) is 3.67. The van der Waals surface area contributed by atoms with Crippen LogP contribution in [-0.4, -0.2) is 33.4 Å². The molecule has 1 amide bonds. The summed E-state index contributed by atoms with van der Waals surface area (Å²) in [6.45, 7) is 2.63. The first-order valence-electron chi connectivity index (χ1n) is 8.74. The highest BCUT2D eigenvalue weighted by Gasteiger charge is 2.24. The molecule has 0 saturated heterocycles. The number of thiophene rings is 1. The summed E-state index contributed by atoms with van der Waals surface area (Å²) in [6.07, 6.45) is 1.15. The van der Waals surface area contributed by atoms with Gasteiger partial charge in [0.2, 0.25) is 5.95 Å². The van der Waals surface area contributed by atoms with Crippen molar-refractivity contribution in [3.05, 3.63) is 47.5 Å². The summed E-state index contributed by atoms with van der Waals surface area (Å²) in [4.78, 5) is 25.2. The van der Waals surface area contributed by atoms with Crippen molar-refractivity contribution in [2.75, 3.05) is 17.2 Å². The molecule has 0 spiro atoms. The summed E-state index contributed by atoms with van der Waals surface area (Å²) >= 11 is 1.47. The van der Waals surface area contributed by atoms with E-state index in [1.807, 2.05) is 31.2 Å². The highest BCUT2D eigenvalue weighted by Crippen LogP contribution is 2.41. The van der Waals surface area contributed by atoms with Crippen LogP contribution in [-0.2, 0) is 0 Å². The first kappa shape index (κ1) is 16.8. The highest BCUT2D eigenvalue weighted by molar-refractivity contribution is 7.21. The number of rotatable bonds is 2. The van der Waals surface area contributed by atoms with Gasteiger partial charge in [0.05, 0.1) is 11.2 Å². The number of hydrogen-bond acceptors (Lipinski definition) is 7. The number of anilines is 3. The number of aromatic nitrogens is 3. The number of carbonyl (C=O) groups excluding carboxylic acids is 1. The molecule has 140 valence electrons. The second kappa shape index (κ2) is 6.38. The van der Waals surface area contributed by atoms with E-state index in [0.29, 0.717) is 23.1 Å². The molecule has 1 aliphatic rings. The standard InChI is InChI=1S/C19H15FN6OS/c1-9-7-21-17-16-10-2-5-14(26-15-6-13(20)22-8-23-15)25-11(10)3-4-12(16)28-18(17)19(27)24-9/h2-6,8-9,21H,7H2,1H3,(H,24,27)(H,22,23,25,26)/t9-/m1/s1. The Hall–Kier alpha value is -3.33. The smallest absolute Gasteiger partial charge is 0.263 e. The number of carbonyl (C=O) groups is 1.